The van der Waals surface area contributed by atoms with Crippen LogP contribution in [0.2, 0.25) is 0 Å². The van der Waals surface area contributed by atoms with Gasteiger partial charge in [0.25, 0.3) is 5.91 Å². The van der Waals surface area contributed by atoms with Crippen LogP contribution in [0, 0.1) is 6.92 Å². The van der Waals surface area contributed by atoms with Gasteiger partial charge >= 0.3 is 5.97 Å². The molecule has 7 nitrogen and oxygen atoms in total. The molecule has 8 heteroatoms. The first-order valence-corrected chi connectivity index (χ1v) is 7.51. The number of aliphatic hydroxyl groups is 1. The number of hydrogen-bond donors (Lipinski definition) is 3. The molecular weight excluding hydrogens is 286 g/mol. The van der Waals surface area contributed by atoms with E-state index in [1.54, 1.807) is 6.92 Å². The third kappa shape index (κ3) is 3.78. The largest absolute Gasteiger partial charge is 0.480 e. The molecule has 0 fully saturated rings. The molecule has 0 spiro atoms. The Morgan fingerprint density at radius 2 is 1.95 bits per heavy atom. The van der Waals surface area contributed by atoms with Gasteiger partial charge < -0.3 is 15.5 Å². The molecule has 1 unspecified atom stereocenters. The molecule has 0 saturated heterocycles. The lowest BCUT2D eigenvalue weighted by molar-refractivity contribution is -0.140. The molecule has 20 heavy (non-hydrogen) atoms. The number of aryl methyl sites for hydroxylation is 1. The lowest BCUT2D eigenvalue weighted by Crippen LogP contribution is -2.43. The number of benzene rings is 1. The van der Waals surface area contributed by atoms with Gasteiger partial charge in [0.2, 0.25) is 0 Å². The minimum Gasteiger partial charge on any atom is -0.480 e. The third-order valence-electron chi connectivity index (χ3n) is 2.67. The van der Waals surface area contributed by atoms with Gasteiger partial charge in [-0.05, 0) is 24.6 Å². The van der Waals surface area contributed by atoms with Crippen LogP contribution in [-0.4, -0.2) is 49.4 Å². The third-order valence-corrected chi connectivity index (χ3v) is 3.78. The predicted molar refractivity (Wildman–Crippen MR) is 70.3 cm³/mol. The summed E-state index contributed by atoms with van der Waals surface area (Å²) in [5.74, 6) is -2.13. The van der Waals surface area contributed by atoms with Crippen LogP contribution < -0.4 is 5.32 Å². The molecular formula is C12H15NO6S. The molecule has 1 rings (SSSR count). The van der Waals surface area contributed by atoms with Gasteiger partial charge in [-0.2, -0.15) is 0 Å². The zero-order chi connectivity index (χ0) is 15.5. The van der Waals surface area contributed by atoms with Crippen molar-refractivity contribution in [1.82, 2.24) is 5.32 Å². The first-order valence-electron chi connectivity index (χ1n) is 5.62. The molecule has 0 aliphatic rings. The Kier molecular flexibility index (Phi) is 4.85. The number of amides is 1. The van der Waals surface area contributed by atoms with Crippen LogP contribution in [0.1, 0.15) is 15.9 Å². The van der Waals surface area contributed by atoms with E-state index in [0.717, 1.165) is 6.26 Å². The quantitative estimate of drug-likeness (QED) is 0.679. The number of hydrogen-bond acceptors (Lipinski definition) is 5. The molecule has 0 aliphatic heterocycles. The van der Waals surface area contributed by atoms with Crippen LogP contribution in [0.4, 0.5) is 0 Å². The fraction of sp³-hybridized carbons (Fsp3) is 0.333. The number of carbonyl (C=O) groups excluding carboxylic acids is 1. The van der Waals surface area contributed by atoms with Crippen LogP contribution in [0.15, 0.2) is 23.1 Å². The van der Waals surface area contributed by atoms with E-state index >= 15 is 0 Å². The average Bonchev–Trinajstić information content (AvgIpc) is 2.34. The molecule has 1 aromatic rings. The second-order valence-electron chi connectivity index (χ2n) is 4.30. The highest BCUT2D eigenvalue weighted by atomic mass is 32.2. The van der Waals surface area contributed by atoms with Crippen LogP contribution >= 0.6 is 0 Å². The lowest BCUT2D eigenvalue weighted by Gasteiger charge is -2.13. The summed E-state index contributed by atoms with van der Waals surface area (Å²) in [5.41, 5.74) is 0.546. The van der Waals surface area contributed by atoms with E-state index in [1.807, 2.05) is 0 Å². The van der Waals surface area contributed by atoms with Crippen molar-refractivity contribution in [3.05, 3.63) is 29.3 Å². The van der Waals surface area contributed by atoms with Crippen molar-refractivity contribution in [3.8, 4) is 0 Å². The van der Waals surface area contributed by atoms with Crippen molar-refractivity contribution in [2.75, 3.05) is 12.9 Å². The van der Waals surface area contributed by atoms with E-state index in [9.17, 15) is 18.0 Å². The van der Waals surface area contributed by atoms with Gasteiger partial charge in [0, 0.05) is 11.8 Å². The van der Waals surface area contributed by atoms with Gasteiger partial charge in [-0.15, -0.1) is 0 Å². The van der Waals surface area contributed by atoms with Gasteiger partial charge in [-0.25, -0.2) is 13.2 Å². The minimum atomic E-state index is -3.47. The molecule has 0 bridgehead atoms. The maximum atomic E-state index is 11.9. The number of sulfone groups is 1. The van der Waals surface area contributed by atoms with E-state index in [-0.39, 0.29) is 10.5 Å². The summed E-state index contributed by atoms with van der Waals surface area (Å²) in [7, 11) is -3.47. The van der Waals surface area contributed by atoms with E-state index in [4.69, 9.17) is 10.2 Å². The molecule has 110 valence electrons. The minimum absolute atomic E-state index is 0.0378. The number of aliphatic carboxylic acids is 1. The summed E-state index contributed by atoms with van der Waals surface area (Å²) in [6.07, 6.45) is 1.01. The number of carboxylic acids is 1. The second kappa shape index (κ2) is 6.02. The highest BCUT2D eigenvalue weighted by Crippen LogP contribution is 2.15. The van der Waals surface area contributed by atoms with Crippen molar-refractivity contribution < 1.29 is 28.2 Å². The van der Waals surface area contributed by atoms with Gasteiger partial charge in [-0.1, -0.05) is 6.07 Å². The van der Waals surface area contributed by atoms with E-state index in [1.165, 1.54) is 18.2 Å². The molecule has 1 atom stereocenters. The van der Waals surface area contributed by atoms with Crippen LogP contribution in [0.3, 0.4) is 0 Å². The summed E-state index contributed by atoms with van der Waals surface area (Å²) < 4.78 is 22.9. The number of rotatable bonds is 5. The van der Waals surface area contributed by atoms with Gasteiger partial charge in [-0.3, -0.25) is 4.79 Å². The van der Waals surface area contributed by atoms with Crippen LogP contribution in [0.5, 0.6) is 0 Å². The average molecular weight is 301 g/mol. The lowest BCUT2D eigenvalue weighted by atomic mass is 10.1. The Morgan fingerprint density at radius 3 is 2.40 bits per heavy atom. The Morgan fingerprint density at radius 1 is 1.35 bits per heavy atom. The molecule has 0 aromatic heterocycles. The van der Waals surface area contributed by atoms with E-state index in [0.29, 0.717) is 5.56 Å². The number of aliphatic hydroxyl groups excluding tert-OH is 1. The second-order valence-corrected chi connectivity index (χ2v) is 6.31. The molecule has 0 aliphatic carbocycles. The van der Waals surface area contributed by atoms with Crippen molar-refractivity contribution in [2.45, 2.75) is 17.9 Å². The van der Waals surface area contributed by atoms with Crippen molar-refractivity contribution in [3.63, 3.8) is 0 Å². The van der Waals surface area contributed by atoms with Gasteiger partial charge in [0.15, 0.2) is 15.9 Å². The van der Waals surface area contributed by atoms with Gasteiger partial charge in [0.1, 0.15) is 0 Å². The molecule has 1 amide bonds. The number of nitrogens with one attached hydrogen (secondary N) is 1. The molecule has 0 saturated carbocycles. The van der Waals surface area contributed by atoms with E-state index in [2.05, 4.69) is 5.32 Å². The fourth-order valence-corrected chi connectivity index (χ4v) is 2.15. The first kappa shape index (κ1) is 16.1. The smallest absolute Gasteiger partial charge is 0.328 e. The standard InChI is InChI=1S/C12H15NO6S/c1-7-3-4-8(20(2,18)19)5-9(7)11(15)13-10(6-14)12(16)17/h3-5,10,14H,6H2,1-2H3,(H,13,15)(H,16,17). The Balaban J connectivity index is 3.13. The maximum absolute atomic E-state index is 11.9. The summed E-state index contributed by atoms with van der Waals surface area (Å²) in [6, 6.07) is 2.56. The van der Waals surface area contributed by atoms with Crippen molar-refractivity contribution in [1.29, 1.82) is 0 Å². The first-order chi connectivity index (χ1) is 9.16. The monoisotopic (exact) mass is 301 g/mol. The van der Waals surface area contributed by atoms with Crippen LogP contribution in [-0.2, 0) is 14.6 Å². The molecule has 3 N–H and O–H groups in total. The Bertz CT molecular complexity index is 637. The number of carbonyl (C=O) groups is 2. The maximum Gasteiger partial charge on any atom is 0.328 e. The summed E-state index contributed by atoms with van der Waals surface area (Å²) >= 11 is 0. The normalized spacial score (nSPS) is 12.8. The zero-order valence-electron chi connectivity index (χ0n) is 11.0. The van der Waals surface area contributed by atoms with Crippen LogP contribution in [0.25, 0.3) is 0 Å². The Hall–Kier alpha value is -1.93. The topological polar surface area (TPSA) is 121 Å². The molecule has 1 aromatic carbocycles. The predicted octanol–water partition coefficient (Wildman–Crippen LogP) is -0.426. The number of carboxylic acid groups (broad SMARTS) is 1. The zero-order valence-corrected chi connectivity index (χ0v) is 11.8. The van der Waals surface area contributed by atoms with Crippen molar-refractivity contribution >= 4 is 21.7 Å². The van der Waals surface area contributed by atoms with Crippen molar-refractivity contribution in [2.24, 2.45) is 0 Å². The summed E-state index contributed by atoms with van der Waals surface area (Å²) in [4.78, 5) is 22.6. The SMILES string of the molecule is Cc1ccc(S(C)(=O)=O)cc1C(=O)NC(CO)C(=O)O. The highest BCUT2D eigenvalue weighted by Gasteiger charge is 2.21. The Labute approximate surface area is 116 Å². The van der Waals surface area contributed by atoms with Gasteiger partial charge in [0.05, 0.1) is 11.5 Å². The molecule has 0 radical (unpaired) electrons. The summed E-state index contributed by atoms with van der Waals surface area (Å²) in [6.45, 7) is 0.835. The molecule has 0 heterocycles. The highest BCUT2D eigenvalue weighted by molar-refractivity contribution is 7.90. The summed E-state index contributed by atoms with van der Waals surface area (Å²) in [5, 5.41) is 19.7. The fourth-order valence-electron chi connectivity index (χ4n) is 1.50. The van der Waals surface area contributed by atoms with E-state index < -0.39 is 34.4 Å².